The summed E-state index contributed by atoms with van der Waals surface area (Å²) in [7, 11) is 1.56. The van der Waals surface area contributed by atoms with Crippen LogP contribution in [0.25, 0.3) is 0 Å². The zero-order valence-electron chi connectivity index (χ0n) is 6.50. The SMILES string of the molecule is COc1ccc(Cl)cc1C(N)=S. The number of thiocarbonyl (C=S) groups is 1. The largest absolute Gasteiger partial charge is 0.496 e. The Balaban J connectivity index is 3.21. The van der Waals surface area contributed by atoms with Crippen molar-refractivity contribution in [3.05, 3.63) is 28.8 Å². The number of benzene rings is 1. The van der Waals surface area contributed by atoms with Crippen LogP contribution >= 0.6 is 23.8 Å². The van der Waals surface area contributed by atoms with E-state index >= 15 is 0 Å². The first-order chi connectivity index (χ1) is 5.65. The molecule has 0 spiro atoms. The van der Waals surface area contributed by atoms with Gasteiger partial charge in [0, 0.05) is 5.02 Å². The predicted octanol–water partition coefficient (Wildman–Crippen LogP) is 1.98. The van der Waals surface area contributed by atoms with Gasteiger partial charge >= 0.3 is 0 Å². The van der Waals surface area contributed by atoms with E-state index < -0.39 is 0 Å². The average Bonchev–Trinajstić information content (AvgIpc) is 2.04. The van der Waals surface area contributed by atoms with Crippen molar-refractivity contribution in [2.45, 2.75) is 0 Å². The molecular weight excluding hydrogens is 194 g/mol. The van der Waals surface area contributed by atoms with Gasteiger partial charge in [-0.25, -0.2) is 0 Å². The molecule has 2 nitrogen and oxygen atoms in total. The van der Waals surface area contributed by atoms with Gasteiger partial charge in [-0.1, -0.05) is 23.8 Å². The highest BCUT2D eigenvalue weighted by molar-refractivity contribution is 7.80. The Labute approximate surface area is 81.3 Å². The minimum Gasteiger partial charge on any atom is -0.496 e. The average molecular weight is 202 g/mol. The molecule has 0 aliphatic carbocycles. The highest BCUT2D eigenvalue weighted by Gasteiger charge is 2.05. The second-order valence-corrected chi connectivity index (χ2v) is 3.09. The Morgan fingerprint density at radius 2 is 2.25 bits per heavy atom. The van der Waals surface area contributed by atoms with Crippen LogP contribution in [0.1, 0.15) is 5.56 Å². The van der Waals surface area contributed by atoms with Crippen LogP contribution in [0.2, 0.25) is 5.02 Å². The fourth-order valence-electron chi connectivity index (χ4n) is 0.873. The predicted molar refractivity (Wildman–Crippen MR) is 53.9 cm³/mol. The van der Waals surface area contributed by atoms with Crippen LogP contribution in [0.3, 0.4) is 0 Å². The van der Waals surface area contributed by atoms with E-state index in [1.807, 2.05) is 0 Å². The Morgan fingerprint density at radius 1 is 1.58 bits per heavy atom. The van der Waals surface area contributed by atoms with Gasteiger partial charge in [0.15, 0.2) is 0 Å². The van der Waals surface area contributed by atoms with E-state index in [-0.39, 0.29) is 4.99 Å². The van der Waals surface area contributed by atoms with E-state index in [1.54, 1.807) is 25.3 Å². The normalized spacial score (nSPS) is 9.50. The van der Waals surface area contributed by atoms with E-state index in [0.29, 0.717) is 16.3 Å². The maximum absolute atomic E-state index is 5.75. The first-order valence-electron chi connectivity index (χ1n) is 3.28. The number of nitrogens with two attached hydrogens (primary N) is 1. The molecule has 0 aromatic heterocycles. The molecule has 0 bridgehead atoms. The molecule has 2 N–H and O–H groups in total. The first-order valence-corrected chi connectivity index (χ1v) is 4.07. The lowest BCUT2D eigenvalue weighted by Crippen LogP contribution is -2.10. The molecule has 0 heterocycles. The van der Waals surface area contributed by atoms with Crippen molar-refractivity contribution in [2.24, 2.45) is 5.73 Å². The lowest BCUT2D eigenvalue weighted by atomic mass is 10.2. The van der Waals surface area contributed by atoms with E-state index in [4.69, 9.17) is 34.3 Å². The van der Waals surface area contributed by atoms with Crippen molar-refractivity contribution in [3.63, 3.8) is 0 Å². The van der Waals surface area contributed by atoms with Crippen LogP contribution in [0.15, 0.2) is 18.2 Å². The third-order valence-electron chi connectivity index (χ3n) is 1.43. The molecule has 0 aliphatic heterocycles. The van der Waals surface area contributed by atoms with Crippen LogP contribution in [0.5, 0.6) is 5.75 Å². The molecule has 1 aromatic carbocycles. The summed E-state index contributed by atoms with van der Waals surface area (Å²) >= 11 is 10.6. The van der Waals surface area contributed by atoms with E-state index in [0.717, 1.165) is 0 Å². The molecule has 0 saturated heterocycles. The number of hydrogen-bond acceptors (Lipinski definition) is 2. The fourth-order valence-corrected chi connectivity index (χ4v) is 1.20. The van der Waals surface area contributed by atoms with Crippen LogP contribution in [-0.4, -0.2) is 12.1 Å². The second-order valence-electron chi connectivity index (χ2n) is 2.21. The lowest BCUT2D eigenvalue weighted by molar-refractivity contribution is 0.414. The molecule has 1 rings (SSSR count). The number of hydrogen-bond donors (Lipinski definition) is 1. The Bertz CT molecular complexity index is 314. The van der Waals surface area contributed by atoms with Crippen molar-refractivity contribution in [3.8, 4) is 5.75 Å². The Morgan fingerprint density at radius 3 is 2.75 bits per heavy atom. The number of methoxy groups -OCH3 is 1. The van der Waals surface area contributed by atoms with E-state index in [2.05, 4.69) is 0 Å². The molecule has 4 heteroatoms. The molecule has 1 aromatic rings. The van der Waals surface area contributed by atoms with Crippen LogP contribution in [-0.2, 0) is 0 Å². The summed E-state index contributed by atoms with van der Waals surface area (Å²) in [5.41, 5.74) is 6.12. The highest BCUT2D eigenvalue weighted by Crippen LogP contribution is 2.22. The van der Waals surface area contributed by atoms with Gasteiger partial charge in [0.05, 0.1) is 12.7 Å². The third kappa shape index (κ3) is 1.87. The second kappa shape index (κ2) is 3.74. The maximum Gasteiger partial charge on any atom is 0.129 e. The van der Waals surface area contributed by atoms with Gasteiger partial charge in [-0.2, -0.15) is 0 Å². The fraction of sp³-hybridized carbons (Fsp3) is 0.125. The van der Waals surface area contributed by atoms with Gasteiger partial charge in [-0.3, -0.25) is 0 Å². The van der Waals surface area contributed by atoms with Crippen LogP contribution in [0, 0.1) is 0 Å². The maximum atomic E-state index is 5.75. The molecule has 0 fully saturated rings. The molecule has 0 aliphatic rings. The number of ether oxygens (including phenoxy) is 1. The number of rotatable bonds is 2. The van der Waals surface area contributed by atoms with Gasteiger partial charge in [0.25, 0.3) is 0 Å². The van der Waals surface area contributed by atoms with Gasteiger partial charge in [0.2, 0.25) is 0 Å². The molecule has 0 unspecified atom stereocenters. The summed E-state index contributed by atoms with van der Waals surface area (Å²) in [6.07, 6.45) is 0. The van der Waals surface area contributed by atoms with E-state index in [9.17, 15) is 0 Å². The molecule has 0 saturated carbocycles. The zero-order valence-corrected chi connectivity index (χ0v) is 8.08. The quantitative estimate of drug-likeness (QED) is 0.744. The van der Waals surface area contributed by atoms with Crippen molar-refractivity contribution in [1.82, 2.24) is 0 Å². The van der Waals surface area contributed by atoms with Gasteiger partial charge in [-0.15, -0.1) is 0 Å². The molecule has 64 valence electrons. The van der Waals surface area contributed by atoms with Gasteiger partial charge < -0.3 is 10.5 Å². The summed E-state index contributed by atoms with van der Waals surface area (Å²) in [5, 5.41) is 0.596. The monoisotopic (exact) mass is 201 g/mol. The van der Waals surface area contributed by atoms with Crippen LogP contribution < -0.4 is 10.5 Å². The highest BCUT2D eigenvalue weighted by atomic mass is 35.5. The molecule has 0 atom stereocenters. The number of halogens is 1. The Hall–Kier alpha value is -0.800. The molecular formula is C8H8ClNOS. The third-order valence-corrected chi connectivity index (χ3v) is 1.88. The Kier molecular flexibility index (Phi) is 2.89. The minimum atomic E-state index is 0.286. The van der Waals surface area contributed by atoms with Crippen molar-refractivity contribution in [2.75, 3.05) is 7.11 Å². The zero-order chi connectivity index (χ0) is 9.14. The van der Waals surface area contributed by atoms with Crippen molar-refractivity contribution < 1.29 is 4.74 Å². The molecule has 0 amide bonds. The summed E-state index contributed by atoms with van der Waals surface area (Å²) in [6.45, 7) is 0. The van der Waals surface area contributed by atoms with E-state index in [1.165, 1.54) is 0 Å². The summed E-state index contributed by atoms with van der Waals surface area (Å²) < 4.78 is 5.04. The molecule has 0 radical (unpaired) electrons. The van der Waals surface area contributed by atoms with Crippen molar-refractivity contribution in [1.29, 1.82) is 0 Å². The standard InChI is InChI=1S/C8H8ClNOS/c1-11-7-3-2-5(9)4-6(7)8(10)12/h2-4H,1H3,(H2,10,12). The first kappa shape index (κ1) is 9.29. The smallest absolute Gasteiger partial charge is 0.129 e. The summed E-state index contributed by atoms with van der Waals surface area (Å²) in [5.74, 6) is 0.645. The molecule has 12 heavy (non-hydrogen) atoms. The summed E-state index contributed by atoms with van der Waals surface area (Å²) in [4.78, 5) is 0.286. The lowest BCUT2D eigenvalue weighted by Gasteiger charge is -2.06. The van der Waals surface area contributed by atoms with Gasteiger partial charge in [0.1, 0.15) is 10.7 Å². The minimum absolute atomic E-state index is 0.286. The van der Waals surface area contributed by atoms with Crippen molar-refractivity contribution >= 4 is 28.8 Å². The summed E-state index contributed by atoms with van der Waals surface area (Å²) in [6, 6.07) is 5.14. The van der Waals surface area contributed by atoms with Crippen LogP contribution in [0.4, 0.5) is 0 Å². The van der Waals surface area contributed by atoms with Gasteiger partial charge in [-0.05, 0) is 18.2 Å². The topological polar surface area (TPSA) is 35.2 Å².